The molecule has 1 amide bonds. The van der Waals surface area contributed by atoms with Gasteiger partial charge in [0.05, 0.1) is 0 Å². The molecule has 2 nitrogen and oxygen atoms in total. The van der Waals surface area contributed by atoms with Crippen molar-refractivity contribution in [2.75, 3.05) is 11.9 Å². The molecule has 0 aromatic carbocycles. The molecule has 76 valence electrons. The van der Waals surface area contributed by atoms with E-state index in [0.29, 0.717) is 11.8 Å². The van der Waals surface area contributed by atoms with E-state index in [0.717, 1.165) is 24.7 Å². The fraction of sp³-hybridized carbons (Fsp3) is 0.900. The highest BCUT2D eigenvalue weighted by atomic mass is 79.9. The van der Waals surface area contributed by atoms with Gasteiger partial charge in [-0.2, -0.15) is 0 Å². The first kappa shape index (κ1) is 11.0. The first-order chi connectivity index (χ1) is 6.22. The summed E-state index contributed by atoms with van der Waals surface area (Å²) < 4.78 is 0. The number of carbonyl (C=O) groups is 1. The highest BCUT2D eigenvalue weighted by Gasteiger charge is 2.24. The molecule has 0 saturated heterocycles. The molecule has 0 aliphatic heterocycles. The topological polar surface area (TPSA) is 29.1 Å². The van der Waals surface area contributed by atoms with Crippen LogP contribution >= 0.6 is 15.9 Å². The van der Waals surface area contributed by atoms with E-state index in [-0.39, 0.29) is 5.91 Å². The van der Waals surface area contributed by atoms with Crippen LogP contribution in [0.5, 0.6) is 0 Å². The van der Waals surface area contributed by atoms with Crippen LogP contribution in [0.4, 0.5) is 0 Å². The zero-order valence-electron chi connectivity index (χ0n) is 8.18. The molecule has 0 heterocycles. The van der Waals surface area contributed by atoms with Crippen LogP contribution < -0.4 is 5.32 Å². The molecule has 1 fully saturated rings. The van der Waals surface area contributed by atoms with Crippen molar-refractivity contribution < 1.29 is 4.79 Å². The van der Waals surface area contributed by atoms with E-state index in [2.05, 4.69) is 28.2 Å². The van der Waals surface area contributed by atoms with Gasteiger partial charge in [0.15, 0.2) is 0 Å². The van der Waals surface area contributed by atoms with Gasteiger partial charge in [-0.05, 0) is 31.1 Å². The minimum Gasteiger partial charge on any atom is -0.356 e. The normalized spacial score (nSPS) is 18.3. The molecule has 0 aromatic heterocycles. The Morgan fingerprint density at radius 2 is 2.31 bits per heavy atom. The van der Waals surface area contributed by atoms with Crippen molar-refractivity contribution in [3.8, 4) is 0 Å². The lowest BCUT2D eigenvalue weighted by Crippen LogP contribution is -2.28. The quantitative estimate of drug-likeness (QED) is 0.718. The Labute approximate surface area is 88.6 Å². The summed E-state index contributed by atoms with van der Waals surface area (Å²) in [5.41, 5.74) is 0. The van der Waals surface area contributed by atoms with Gasteiger partial charge in [-0.3, -0.25) is 4.79 Å². The molecule has 1 saturated carbocycles. The smallest absolute Gasteiger partial charge is 0.220 e. The monoisotopic (exact) mass is 247 g/mol. The van der Waals surface area contributed by atoms with Crippen LogP contribution in [0, 0.1) is 11.8 Å². The van der Waals surface area contributed by atoms with Gasteiger partial charge in [0.2, 0.25) is 5.91 Å². The van der Waals surface area contributed by atoms with Crippen LogP contribution in [0.2, 0.25) is 0 Å². The average Bonchev–Trinajstić information content (AvgIpc) is 2.85. The summed E-state index contributed by atoms with van der Waals surface area (Å²) >= 11 is 3.39. The van der Waals surface area contributed by atoms with Crippen molar-refractivity contribution in [1.29, 1.82) is 0 Å². The third-order valence-corrected chi connectivity index (χ3v) is 2.88. The van der Waals surface area contributed by atoms with Crippen molar-refractivity contribution in [3.05, 3.63) is 0 Å². The van der Waals surface area contributed by atoms with Gasteiger partial charge in [0.25, 0.3) is 0 Å². The molecule has 1 atom stereocenters. The second kappa shape index (κ2) is 5.63. The molecule has 1 rings (SSSR count). The molecule has 1 aliphatic rings. The minimum atomic E-state index is 0.240. The van der Waals surface area contributed by atoms with Crippen LogP contribution in [0.3, 0.4) is 0 Å². The fourth-order valence-electron chi connectivity index (χ4n) is 1.23. The number of rotatable bonds is 6. The lowest BCUT2D eigenvalue weighted by molar-refractivity contribution is -0.121. The largest absolute Gasteiger partial charge is 0.356 e. The van der Waals surface area contributed by atoms with Gasteiger partial charge in [0, 0.05) is 18.3 Å². The van der Waals surface area contributed by atoms with Gasteiger partial charge >= 0.3 is 0 Å². The van der Waals surface area contributed by atoms with Gasteiger partial charge in [-0.1, -0.05) is 22.9 Å². The summed E-state index contributed by atoms with van der Waals surface area (Å²) in [5, 5.41) is 4.00. The van der Waals surface area contributed by atoms with E-state index in [1.807, 2.05) is 0 Å². The first-order valence-corrected chi connectivity index (χ1v) is 6.17. The maximum atomic E-state index is 11.3. The van der Waals surface area contributed by atoms with Crippen molar-refractivity contribution in [3.63, 3.8) is 0 Å². The molecule has 0 spiro atoms. The van der Waals surface area contributed by atoms with Crippen molar-refractivity contribution in [2.45, 2.75) is 32.6 Å². The van der Waals surface area contributed by atoms with Gasteiger partial charge in [-0.25, -0.2) is 0 Å². The SMILES string of the molecule is CC(CCBr)CNC(=O)CC1CC1. The highest BCUT2D eigenvalue weighted by molar-refractivity contribution is 9.09. The summed E-state index contributed by atoms with van der Waals surface area (Å²) in [7, 11) is 0. The second-order valence-corrected chi connectivity index (χ2v) is 4.83. The van der Waals surface area contributed by atoms with E-state index in [9.17, 15) is 4.79 Å². The third kappa shape index (κ3) is 5.29. The number of hydrogen-bond donors (Lipinski definition) is 1. The summed E-state index contributed by atoms with van der Waals surface area (Å²) in [6.45, 7) is 3.00. The van der Waals surface area contributed by atoms with Crippen molar-refractivity contribution in [1.82, 2.24) is 5.32 Å². The van der Waals surface area contributed by atoms with E-state index in [1.54, 1.807) is 0 Å². The van der Waals surface area contributed by atoms with Crippen LogP contribution in [0.1, 0.15) is 32.6 Å². The third-order valence-electron chi connectivity index (χ3n) is 2.42. The Morgan fingerprint density at radius 1 is 1.62 bits per heavy atom. The molecular formula is C10H18BrNO. The summed E-state index contributed by atoms with van der Waals surface area (Å²) in [6.07, 6.45) is 4.39. The highest BCUT2D eigenvalue weighted by Crippen LogP contribution is 2.32. The van der Waals surface area contributed by atoms with E-state index < -0.39 is 0 Å². The van der Waals surface area contributed by atoms with Crippen molar-refractivity contribution in [2.24, 2.45) is 11.8 Å². The maximum Gasteiger partial charge on any atom is 0.220 e. The Kier molecular flexibility index (Phi) is 4.78. The van der Waals surface area contributed by atoms with Gasteiger partial charge < -0.3 is 5.32 Å². The summed E-state index contributed by atoms with van der Waals surface area (Å²) in [6, 6.07) is 0. The Morgan fingerprint density at radius 3 is 2.85 bits per heavy atom. The van der Waals surface area contributed by atoms with Crippen LogP contribution in [0.15, 0.2) is 0 Å². The average molecular weight is 248 g/mol. The van der Waals surface area contributed by atoms with Crippen molar-refractivity contribution >= 4 is 21.8 Å². The fourth-order valence-corrected chi connectivity index (χ4v) is 2.01. The van der Waals surface area contributed by atoms with Crippen LogP contribution in [0.25, 0.3) is 0 Å². The molecule has 1 N–H and O–H groups in total. The number of hydrogen-bond acceptors (Lipinski definition) is 1. The van der Waals surface area contributed by atoms with Gasteiger partial charge in [0.1, 0.15) is 0 Å². The molecule has 1 aliphatic carbocycles. The second-order valence-electron chi connectivity index (χ2n) is 4.03. The standard InChI is InChI=1S/C10H18BrNO/c1-8(4-5-11)7-12-10(13)6-9-2-3-9/h8-9H,2-7H2,1H3,(H,12,13). The predicted molar refractivity (Wildman–Crippen MR) is 57.9 cm³/mol. The molecule has 0 radical (unpaired) electrons. The molecule has 13 heavy (non-hydrogen) atoms. The van der Waals surface area contributed by atoms with E-state index >= 15 is 0 Å². The Balaban J connectivity index is 1.99. The Hall–Kier alpha value is -0.0500. The van der Waals surface area contributed by atoms with Gasteiger partial charge in [-0.15, -0.1) is 0 Å². The number of carbonyl (C=O) groups excluding carboxylic acids is 1. The minimum absolute atomic E-state index is 0.240. The zero-order valence-corrected chi connectivity index (χ0v) is 9.77. The number of amides is 1. The lowest BCUT2D eigenvalue weighted by atomic mass is 10.1. The van der Waals surface area contributed by atoms with Crippen LogP contribution in [-0.4, -0.2) is 17.8 Å². The molecule has 1 unspecified atom stereocenters. The lowest BCUT2D eigenvalue weighted by Gasteiger charge is -2.10. The summed E-state index contributed by atoms with van der Waals surface area (Å²) in [4.78, 5) is 11.3. The molecule has 0 bridgehead atoms. The first-order valence-electron chi connectivity index (χ1n) is 5.05. The zero-order chi connectivity index (χ0) is 9.68. The Bertz CT molecular complexity index is 168. The van der Waals surface area contributed by atoms with E-state index in [1.165, 1.54) is 12.8 Å². The predicted octanol–water partition coefficient (Wildman–Crippen LogP) is 2.32. The molecule has 0 aromatic rings. The van der Waals surface area contributed by atoms with E-state index in [4.69, 9.17) is 0 Å². The molecular weight excluding hydrogens is 230 g/mol. The number of alkyl halides is 1. The van der Waals surface area contributed by atoms with Crippen LogP contribution in [-0.2, 0) is 4.79 Å². The summed E-state index contributed by atoms with van der Waals surface area (Å²) in [5.74, 6) is 1.53. The number of nitrogens with one attached hydrogen (secondary N) is 1. The maximum absolute atomic E-state index is 11.3. The number of halogens is 1. The molecule has 3 heteroatoms.